The van der Waals surface area contributed by atoms with Gasteiger partial charge in [-0.25, -0.2) is 4.79 Å². The van der Waals surface area contributed by atoms with Crippen molar-refractivity contribution >= 4 is 33.3 Å². The van der Waals surface area contributed by atoms with E-state index < -0.39 is 12.0 Å². The Balaban J connectivity index is 2.30. The van der Waals surface area contributed by atoms with Crippen molar-refractivity contribution in [3.63, 3.8) is 0 Å². The standard InChI is InChI=1S/C17H21NO4S/c1-9(2)7-13(17(20)21)18-16(19)15-10(3)12-8-11(22-4)5-6-14(12)23-15/h5-6,8-9,13H,7H2,1-4H3,(H,18,19)(H,20,21)/t13-/m1/s1. The first kappa shape index (κ1) is 17.3. The predicted molar refractivity (Wildman–Crippen MR) is 91.5 cm³/mol. The second-order valence-electron chi connectivity index (χ2n) is 5.91. The number of thiophene rings is 1. The van der Waals surface area contributed by atoms with Crippen molar-refractivity contribution in [2.75, 3.05) is 7.11 Å². The minimum Gasteiger partial charge on any atom is -0.497 e. The van der Waals surface area contributed by atoms with Gasteiger partial charge in [-0.05, 0) is 48.4 Å². The molecular formula is C17H21NO4S. The third kappa shape index (κ3) is 3.82. The molecule has 1 aromatic carbocycles. The van der Waals surface area contributed by atoms with Crippen LogP contribution in [0.1, 0.15) is 35.5 Å². The van der Waals surface area contributed by atoms with E-state index in [1.807, 2.05) is 39.0 Å². The van der Waals surface area contributed by atoms with Gasteiger partial charge in [0.25, 0.3) is 5.91 Å². The van der Waals surface area contributed by atoms with Crippen LogP contribution in [0.15, 0.2) is 18.2 Å². The minimum absolute atomic E-state index is 0.184. The molecule has 1 amide bonds. The number of rotatable bonds is 6. The first-order valence-electron chi connectivity index (χ1n) is 7.44. The Morgan fingerprint density at radius 3 is 2.61 bits per heavy atom. The summed E-state index contributed by atoms with van der Waals surface area (Å²) in [7, 11) is 1.60. The molecule has 6 heteroatoms. The van der Waals surface area contributed by atoms with Gasteiger partial charge >= 0.3 is 5.97 Å². The lowest BCUT2D eigenvalue weighted by molar-refractivity contribution is -0.139. The molecule has 1 aromatic heterocycles. The fourth-order valence-electron chi connectivity index (χ4n) is 2.46. The lowest BCUT2D eigenvalue weighted by atomic mass is 10.0. The average molecular weight is 335 g/mol. The lowest BCUT2D eigenvalue weighted by Gasteiger charge is -2.16. The second-order valence-corrected chi connectivity index (χ2v) is 6.96. The zero-order valence-electron chi connectivity index (χ0n) is 13.7. The summed E-state index contributed by atoms with van der Waals surface area (Å²) in [5, 5.41) is 12.9. The van der Waals surface area contributed by atoms with E-state index in [2.05, 4.69) is 5.32 Å². The molecule has 0 aliphatic carbocycles. The zero-order valence-corrected chi connectivity index (χ0v) is 14.5. The Morgan fingerprint density at radius 2 is 2.04 bits per heavy atom. The fourth-order valence-corrected chi connectivity index (χ4v) is 3.55. The summed E-state index contributed by atoms with van der Waals surface area (Å²) < 4.78 is 6.19. The van der Waals surface area contributed by atoms with Gasteiger partial charge in [-0.2, -0.15) is 0 Å². The fraction of sp³-hybridized carbons (Fsp3) is 0.412. The van der Waals surface area contributed by atoms with Gasteiger partial charge < -0.3 is 15.2 Å². The van der Waals surface area contributed by atoms with Crippen molar-refractivity contribution in [1.29, 1.82) is 0 Å². The Kier molecular flexibility index (Phi) is 5.26. The molecule has 0 aliphatic heterocycles. The molecule has 0 saturated carbocycles. The van der Waals surface area contributed by atoms with Crippen molar-refractivity contribution in [3.05, 3.63) is 28.6 Å². The summed E-state index contributed by atoms with van der Waals surface area (Å²) in [4.78, 5) is 24.3. The van der Waals surface area contributed by atoms with E-state index >= 15 is 0 Å². The Hall–Kier alpha value is -2.08. The number of carboxylic acid groups (broad SMARTS) is 1. The third-order valence-corrected chi connectivity index (χ3v) is 4.93. The molecule has 0 saturated heterocycles. The Labute approximate surface area is 139 Å². The van der Waals surface area contributed by atoms with Gasteiger partial charge in [-0.1, -0.05) is 13.8 Å². The van der Waals surface area contributed by atoms with E-state index in [9.17, 15) is 14.7 Å². The molecule has 2 N–H and O–H groups in total. The van der Waals surface area contributed by atoms with Gasteiger partial charge in [0.15, 0.2) is 0 Å². The predicted octanol–water partition coefficient (Wildman–Crippen LogP) is 3.45. The largest absolute Gasteiger partial charge is 0.497 e. The molecule has 23 heavy (non-hydrogen) atoms. The number of carbonyl (C=O) groups excluding carboxylic acids is 1. The van der Waals surface area contributed by atoms with E-state index in [0.717, 1.165) is 21.4 Å². The molecule has 1 heterocycles. The van der Waals surface area contributed by atoms with Crippen molar-refractivity contribution in [2.45, 2.75) is 33.2 Å². The summed E-state index contributed by atoms with van der Waals surface area (Å²) in [5.74, 6) is -0.430. The highest BCUT2D eigenvalue weighted by Crippen LogP contribution is 2.33. The zero-order chi connectivity index (χ0) is 17.1. The SMILES string of the molecule is COc1ccc2sc(C(=O)N[C@H](CC(C)C)C(=O)O)c(C)c2c1. The smallest absolute Gasteiger partial charge is 0.326 e. The highest BCUT2D eigenvalue weighted by molar-refractivity contribution is 7.21. The van der Waals surface area contributed by atoms with Gasteiger partial charge in [0.2, 0.25) is 0 Å². The molecule has 0 radical (unpaired) electrons. The molecule has 5 nitrogen and oxygen atoms in total. The molecule has 0 spiro atoms. The average Bonchev–Trinajstić information content (AvgIpc) is 2.82. The number of aryl methyl sites for hydroxylation is 1. The maximum atomic E-state index is 12.5. The van der Waals surface area contributed by atoms with Crippen LogP contribution in [0.25, 0.3) is 10.1 Å². The Bertz CT molecular complexity index is 736. The maximum Gasteiger partial charge on any atom is 0.326 e. The van der Waals surface area contributed by atoms with Crippen LogP contribution in [-0.4, -0.2) is 30.1 Å². The molecule has 0 bridgehead atoms. The number of hydrogen-bond donors (Lipinski definition) is 2. The number of methoxy groups -OCH3 is 1. The van der Waals surface area contributed by atoms with Gasteiger partial charge in [-0.15, -0.1) is 11.3 Å². The highest BCUT2D eigenvalue weighted by Gasteiger charge is 2.24. The van der Waals surface area contributed by atoms with Crippen LogP contribution >= 0.6 is 11.3 Å². The van der Waals surface area contributed by atoms with Gasteiger partial charge in [0.05, 0.1) is 12.0 Å². The molecule has 124 valence electrons. The monoisotopic (exact) mass is 335 g/mol. The quantitative estimate of drug-likeness (QED) is 0.848. The van der Waals surface area contributed by atoms with Crippen LogP contribution in [0.3, 0.4) is 0 Å². The summed E-state index contributed by atoms with van der Waals surface area (Å²) in [6.07, 6.45) is 0.402. The Morgan fingerprint density at radius 1 is 1.35 bits per heavy atom. The molecule has 0 aliphatic rings. The van der Waals surface area contributed by atoms with Crippen molar-refractivity contribution < 1.29 is 19.4 Å². The van der Waals surface area contributed by atoms with E-state index in [-0.39, 0.29) is 11.8 Å². The van der Waals surface area contributed by atoms with Crippen LogP contribution in [-0.2, 0) is 4.79 Å². The lowest BCUT2D eigenvalue weighted by Crippen LogP contribution is -2.41. The number of carbonyl (C=O) groups is 2. The summed E-state index contributed by atoms with van der Waals surface area (Å²) >= 11 is 1.36. The molecule has 0 unspecified atom stereocenters. The molecular weight excluding hydrogens is 314 g/mol. The topological polar surface area (TPSA) is 75.6 Å². The minimum atomic E-state index is -1.01. The van der Waals surface area contributed by atoms with E-state index in [1.54, 1.807) is 7.11 Å². The number of ether oxygens (including phenoxy) is 1. The van der Waals surface area contributed by atoms with Gasteiger partial charge in [0.1, 0.15) is 11.8 Å². The molecule has 2 aromatic rings. The third-order valence-electron chi connectivity index (χ3n) is 3.66. The van der Waals surface area contributed by atoms with Crippen LogP contribution in [0.4, 0.5) is 0 Å². The number of nitrogens with one attached hydrogen (secondary N) is 1. The number of aliphatic carboxylic acids is 1. The number of carboxylic acids is 1. The first-order valence-corrected chi connectivity index (χ1v) is 8.26. The second kappa shape index (κ2) is 7.00. The summed E-state index contributed by atoms with van der Waals surface area (Å²) in [5.41, 5.74) is 0.843. The van der Waals surface area contributed by atoms with Crippen molar-refractivity contribution in [3.8, 4) is 5.75 Å². The van der Waals surface area contributed by atoms with E-state index in [4.69, 9.17) is 4.74 Å². The van der Waals surface area contributed by atoms with Gasteiger partial charge in [0, 0.05) is 4.70 Å². The number of benzene rings is 1. The van der Waals surface area contributed by atoms with Crippen LogP contribution in [0.5, 0.6) is 5.75 Å². The maximum absolute atomic E-state index is 12.5. The number of hydrogen-bond acceptors (Lipinski definition) is 4. The summed E-state index contributed by atoms with van der Waals surface area (Å²) in [6.45, 7) is 5.73. The normalized spacial score (nSPS) is 12.4. The van der Waals surface area contributed by atoms with Gasteiger partial charge in [-0.3, -0.25) is 4.79 Å². The first-order chi connectivity index (χ1) is 10.8. The molecule has 0 fully saturated rings. The molecule has 2 rings (SSSR count). The van der Waals surface area contributed by atoms with Crippen molar-refractivity contribution in [1.82, 2.24) is 5.32 Å². The highest BCUT2D eigenvalue weighted by atomic mass is 32.1. The number of fused-ring (bicyclic) bond motifs is 1. The van der Waals surface area contributed by atoms with Crippen molar-refractivity contribution in [2.24, 2.45) is 5.92 Å². The number of amides is 1. The van der Waals surface area contributed by atoms with Crippen LogP contribution < -0.4 is 10.1 Å². The summed E-state index contributed by atoms with van der Waals surface area (Å²) in [6, 6.07) is 4.77. The van der Waals surface area contributed by atoms with Crippen LogP contribution in [0.2, 0.25) is 0 Å². The molecule has 1 atom stereocenters. The van der Waals surface area contributed by atoms with E-state index in [1.165, 1.54) is 11.3 Å². The van der Waals surface area contributed by atoms with Crippen LogP contribution in [0, 0.1) is 12.8 Å². The van der Waals surface area contributed by atoms with E-state index in [0.29, 0.717) is 11.3 Å².